The Balaban J connectivity index is 2.19. The van der Waals surface area contributed by atoms with Gasteiger partial charge in [0.15, 0.2) is 11.4 Å². The van der Waals surface area contributed by atoms with E-state index in [4.69, 9.17) is 0 Å². The van der Waals surface area contributed by atoms with Crippen LogP contribution in [0.4, 0.5) is 20.3 Å². The number of aldehydes is 1. The summed E-state index contributed by atoms with van der Waals surface area (Å²) in [4.78, 5) is 20.5. The van der Waals surface area contributed by atoms with Crippen molar-refractivity contribution in [3.63, 3.8) is 0 Å². The van der Waals surface area contributed by atoms with Crippen LogP contribution in [0.1, 0.15) is 15.9 Å². The fraction of sp³-hybridized carbons (Fsp3) is 0.105. The number of aryl methyl sites for hydroxylation is 1. The molecule has 0 spiro atoms. The third-order valence-corrected chi connectivity index (χ3v) is 4.34. The molecule has 3 aromatic rings. The molecule has 0 atom stereocenters. The number of nitrogens with zero attached hydrogens (tertiary/aromatic N) is 2. The van der Waals surface area contributed by atoms with Gasteiger partial charge < -0.3 is 5.32 Å². The van der Waals surface area contributed by atoms with Crippen molar-refractivity contribution in [2.24, 2.45) is 0 Å². The zero-order valence-electron chi connectivity index (χ0n) is 14.1. The fourth-order valence-electron chi connectivity index (χ4n) is 2.54. The Morgan fingerprint density at radius 1 is 1.12 bits per heavy atom. The molecule has 0 saturated heterocycles. The molecule has 7 heteroatoms. The molecular formula is C19H15F2N3OS. The van der Waals surface area contributed by atoms with Crippen LogP contribution in [0.5, 0.6) is 0 Å². The van der Waals surface area contributed by atoms with Gasteiger partial charge in [-0.05, 0) is 49.1 Å². The van der Waals surface area contributed by atoms with Crippen molar-refractivity contribution in [3.05, 3.63) is 65.2 Å². The van der Waals surface area contributed by atoms with Crippen LogP contribution < -0.4 is 5.32 Å². The van der Waals surface area contributed by atoms with Crippen LogP contribution in [0.2, 0.25) is 0 Å². The first kappa shape index (κ1) is 18.0. The molecule has 0 bridgehead atoms. The fourth-order valence-corrected chi connectivity index (χ4v) is 2.90. The topological polar surface area (TPSA) is 54.9 Å². The lowest BCUT2D eigenvalue weighted by atomic mass is 10.0. The van der Waals surface area contributed by atoms with Crippen molar-refractivity contribution >= 4 is 29.6 Å². The van der Waals surface area contributed by atoms with Crippen molar-refractivity contribution in [2.45, 2.75) is 12.1 Å². The van der Waals surface area contributed by atoms with Gasteiger partial charge in [-0.3, -0.25) is 4.79 Å². The first-order valence-electron chi connectivity index (χ1n) is 7.72. The van der Waals surface area contributed by atoms with E-state index in [0.717, 1.165) is 0 Å². The molecule has 0 fully saturated rings. The van der Waals surface area contributed by atoms with E-state index in [1.165, 1.54) is 30.0 Å². The van der Waals surface area contributed by atoms with Crippen LogP contribution in [0.15, 0.2) is 47.6 Å². The molecule has 132 valence electrons. The Labute approximate surface area is 153 Å². The van der Waals surface area contributed by atoms with Crippen LogP contribution in [-0.2, 0) is 0 Å². The number of nitrogens with one attached hydrogen (secondary N) is 1. The highest BCUT2D eigenvalue weighted by Crippen LogP contribution is 2.32. The first-order valence-corrected chi connectivity index (χ1v) is 8.95. The van der Waals surface area contributed by atoms with Gasteiger partial charge >= 0.3 is 0 Å². The Morgan fingerprint density at radius 3 is 2.54 bits per heavy atom. The molecule has 0 amide bonds. The number of hydrogen-bond donors (Lipinski definition) is 1. The maximum absolute atomic E-state index is 14.0. The molecule has 0 unspecified atom stereocenters. The summed E-state index contributed by atoms with van der Waals surface area (Å²) in [6, 6.07) is 10.3. The number of aromatic nitrogens is 2. The summed E-state index contributed by atoms with van der Waals surface area (Å²) in [6.45, 7) is 1.73. The lowest BCUT2D eigenvalue weighted by Gasteiger charge is -2.14. The smallest absolute Gasteiger partial charge is 0.189 e. The minimum atomic E-state index is -0.465. The molecule has 0 aliphatic heterocycles. The van der Waals surface area contributed by atoms with E-state index in [1.807, 2.05) is 0 Å². The van der Waals surface area contributed by atoms with Gasteiger partial charge in [0.25, 0.3) is 0 Å². The van der Waals surface area contributed by atoms with Gasteiger partial charge in [0.05, 0.1) is 16.9 Å². The Bertz CT molecular complexity index is 979. The van der Waals surface area contributed by atoms with Crippen LogP contribution >= 0.6 is 11.8 Å². The maximum Gasteiger partial charge on any atom is 0.189 e. The second-order valence-corrected chi connectivity index (χ2v) is 6.28. The van der Waals surface area contributed by atoms with E-state index >= 15 is 0 Å². The van der Waals surface area contributed by atoms with Crippen molar-refractivity contribution < 1.29 is 13.6 Å². The van der Waals surface area contributed by atoms with Gasteiger partial charge in [0.1, 0.15) is 17.5 Å². The van der Waals surface area contributed by atoms with Gasteiger partial charge in [-0.25, -0.2) is 18.7 Å². The number of rotatable bonds is 5. The standard InChI is InChI=1S/C19H15F2N3OS/c1-11-9-12(20)7-8-13(11)17-14(10-25)18(24-19(23-17)26-2)22-16-6-4-3-5-15(16)21/h3-10H,1-2H3,(H,22,23,24). The average molecular weight is 371 g/mol. The second-order valence-electron chi connectivity index (χ2n) is 5.50. The Hall–Kier alpha value is -2.80. The molecular weight excluding hydrogens is 356 g/mol. The monoisotopic (exact) mass is 371 g/mol. The lowest BCUT2D eigenvalue weighted by molar-refractivity contribution is 0.112. The molecule has 3 rings (SSSR count). The molecule has 0 aliphatic carbocycles. The van der Waals surface area contributed by atoms with E-state index in [-0.39, 0.29) is 22.9 Å². The van der Waals surface area contributed by atoms with Crippen molar-refractivity contribution in [1.29, 1.82) is 0 Å². The molecule has 0 aliphatic rings. The molecule has 1 aromatic heterocycles. The lowest BCUT2D eigenvalue weighted by Crippen LogP contribution is -2.06. The molecule has 2 aromatic carbocycles. The number of carbonyl (C=O) groups is 1. The third kappa shape index (κ3) is 3.57. The minimum Gasteiger partial charge on any atom is -0.337 e. The van der Waals surface area contributed by atoms with Gasteiger partial charge in [-0.1, -0.05) is 23.9 Å². The molecule has 4 nitrogen and oxygen atoms in total. The summed E-state index contributed by atoms with van der Waals surface area (Å²) in [5.74, 6) is -0.640. The van der Waals surface area contributed by atoms with E-state index in [9.17, 15) is 13.6 Å². The number of anilines is 2. The maximum atomic E-state index is 14.0. The van der Waals surface area contributed by atoms with Gasteiger partial charge in [0.2, 0.25) is 0 Å². The van der Waals surface area contributed by atoms with Gasteiger partial charge in [-0.2, -0.15) is 0 Å². The molecule has 1 N–H and O–H groups in total. The van der Waals surface area contributed by atoms with Crippen LogP contribution in [0, 0.1) is 18.6 Å². The number of benzene rings is 2. The van der Waals surface area contributed by atoms with Crippen LogP contribution in [0.3, 0.4) is 0 Å². The molecule has 0 radical (unpaired) electrons. The minimum absolute atomic E-state index is 0.181. The van der Waals surface area contributed by atoms with Gasteiger partial charge in [-0.15, -0.1) is 0 Å². The number of hydrogen-bond acceptors (Lipinski definition) is 5. The SMILES string of the molecule is CSc1nc(Nc2ccccc2F)c(C=O)c(-c2ccc(F)cc2C)n1. The zero-order valence-corrected chi connectivity index (χ0v) is 14.9. The highest BCUT2D eigenvalue weighted by Gasteiger charge is 2.18. The third-order valence-electron chi connectivity index (χ3n) is 3.80. The van der Waals surface area contributed by atoms with E-state index in [1.54, 1.807) is 37.4 Å². The Morgan fingerprint density at radius 2 is 1.88 bits per heavy atom. The largest absolute Gasteiger partial charge is 0.337 e. The number of carbonyl (C=O) groups excluding carboxylic acids is 1. The summed E-state index contributed by atoms with van der Waals surface area (Å²) in [5.41, 5.74) is 2.00. The number of thioether (sulfide) groups is 1. The molecule has 0 saturated carbocycles. The molecule has 26 heavy (non-hydrogen) atoms. The van der Waals surface area contributed by atoms with Crippen molar-refractivity contribution in [3.8, 4) is 11.3 Å². The summed E-state index contributed by atoms with van der Waals surface area (Å²) < 4.78 is 27.4. The van der Waals surface area contributed by atoms with Crippen LogP contribution in [0.25, 0.3) is 11.3 Å². The zero-order chi connectivity index (χ0) is 18.7. The van der Waals surface area contributed by atoms with Crippen LogP contribution in [-0.4, -0.2) is 22.5 Å². The van der Waals surface area contributed by atoms with E-state index < -0.39 is 5.82 Å². The Kier molecular flexibility index (Phi) is 5.27. The van der Waals surface area contributed by atoms with E-state index in [0.29, 0.717) is 28.3 Å². The quantitative estimate of drug-likeness (QED) is 0.388. The predicted molar refractivity (Wildman–Crippen MR) is 99.0 cm³/mol. The van der Waals surface area contributed by atoms with E-state index in [2.05, 4.69) is 15.3 Å². The summed E-state index contributed by atoms with van der Waals surface area (Å²) >= 11 is 1.29. The first-order chi connectivity index (χ1) is 12.5. The average Bonchev–Trinajstić information content (AvgIpc) is 2.63. The predicted octanol–water partition coefficient (Wildman–Crippen LogP) is 5.01. The van der Waals surface area contributed by atoms with Crippen molar-refractivity contribution in [2.75, 3.05) is 11.6 Å². The van der Waals surface area contributed by atoms with Gasteiger partial charge in [0, 0.05) is 5.56 Å². The summed E-state index contributed by atoms with van der Waals surface area (Å²) in [6.07, 6.45) is 2.41. The second kappa shape index (κ2) is 7.61. The molecule has 1 heterocycles. The summed E-state index contributed by atoms with van der Waals surface area (Å²) in [5, 5.41) is 3.27. The normalized spacial score (nSPS) is 10.6. The summed E-state index contributed by atoms with van der Waals surface area (Å²) in [7, 11) is 0. The van der Waals surface area contributed by atoms with Crippen molar-refractivity contribution in [1.82, 2.24) is 9.97 Å². The highest BCUT2D eigenvalue weighted by molar-refractivity contribution is 7.98. The highest BCUT2D eigenvalue weighted by atomic mass is 32.2. The number of para-hydroxylation sites is 1. The number of halogens is 2.